The van der Waals surface area contributed by atoms with E-state index in [2.05, 4.69) is 5.32 Å². The number of aliphatic imine (C=N–C) groups is 1. The number of hydrogen-bond acceptors (Lipinski definition) is 3. The molecule has 0 aromatic heterocycles. The summed E-state index contributed by atoms with van der Waals surface area (Å²) in [7, 11) is 0. The molecule has 0 saturated heterocycles. The summed E-state index contributed by atoms with van der Waals surface area (Å²) in [6, 6.07) is 18.9. The first kappa shape index (κ1) is 17.5. The highest BCUT2D eigenvalue weighted by molar-refractivity contribution is 6.47. The van der Waals surface area contributed by atoms with Crippen LogP contribution in [0.3, 0.4) is 0 Å². The van der Waals surface area contributed by atoms with Crippen molar-refractivity contribution in [1.29, 1.82) is 0 Å². The van der Waals surface area contributed by atoms with Crippen LogP contribution in [0.15, 0.2) is 65.7 Å². The van der Waals surface area contributed by atoms with Crippen LogP contribution < -0.4 is 5.32 Å². The molecule has 5 heteroatoms. The molecule has 2 aromatic rings. The van der Waals surface area contributed by atoms with Gasteiger partial charge in [0.1, 0.15) is 17.9 Å². The summed E-state index contributed by atoms with van der Waals surface area (Å²) < 4.78 is 0. The van der Waals surface area contributed by atoms with Gasteiger partial charge in [-0.2, -0.15) is 0 Å². The van der Waals surface area contributed by atoms with Crippen LogP contribution >= 0.6 is 0 Å². The van der Waals surface area contributed by atoms with E-state index in [1.807, 2.05) is 60.7 Å². The smallest absolute Gasteiger partial charge is 0.275 e. The van der Waals surface area contributed by atoms with Crippen LogP contribution in [0.1, 0.15) is 37.7 Å². The maximum Gasteiger partial charge on any atom is 0.275 e. The van der Waals surface area contributed by atoms with Crippen molar-refractivity contribution in [3.05, 3.63) is 66.2 Å². The summed E-state index contributed by atoms with van der Waals surface area (Å²) in [6.07, 6.45) is 4.82. The molecule has 1 heterocycles. The summed E-state index contributed by atoms with van der Waals surface area (Å²) >= 11 is 0. The maximum absolute atomic E-state index is 13.2. The molecule has 5 nitrogen and oxygen atoms in total. The van der Waals surface area contributed by atoms with E-state index in [1.165, 1.54) is 0 Å². The molecule has 0 radical (unpaired) electrons. The number of amides is 2. The van der Waals surface area contributed by atoms with Gasteiger partial charge in [-0.1, -0.05) is 55.0 Å². The molecule has 1 aliphatic carbocycles. The second-order valence-corrected chi connectivity index (χ2v) is 7.18. The summed E-state index contributed by atoms with van der Waals surface area (Å²) in [5.41, 5.74) is 1.45. The van der Waals surface area contributed by atoms with Crippen LogP contribution in [0.2, 0.25) is 0 Å². The van der Waals surface area contributed by atoms with E-state index in [-0.39, 0.29) is 18.4 Å². The minimum atomic E-state index is -0.575. The van der Waals surface area contributed by atoms with Gasteiger partial charge in [0.25, 0.3) is 5.91 Å². The van der Waals surface area contributed by atoms with Crippen molar-refractivity contribution in [2.45, 2.75) is 37.8 Å². The summed E-state index contributed by atoms with van der Waals surface area (Å²) in [4.78, 5) is 32.4. The molecule has 2 aliphatic rings. The lowest BCUT2D eigenvalue weighted by molar-refractivity contribution is -0.134. The Bertz CT molecular complexity index is 856. The Labute approximate surface area is 159 Å². The van der Waals surface area contributed by atoms with Crippen LogP contribution in [-0.4, -0.2) is 34.6 Å². The molecule has 0 bridgehead atoms. The van der Waals surface area contributed by atoms with E-state index in [0.29, 0.717) is 5.71 Å². The third kappa shape index (κ3) is 3.50. The topological polar surface area (TPSA) is 61.8 Å². The largest absolute Gasteiger partial charge is 0.325 e. The highest BCUT2D eigenvalue weighted by Crippen LogP contribution is 2.39. The van der Waals surface area contributed by atoms with Crippen LogP contribution in [0.4, 0.5) is 5.69 Å². The number of nitrogens with zero attached hydrogens (tertiary/aromatic N) is 2. The second kappa shape index (κ2) is 7.35. The average Bonchev–Trinajstić information content (AvgIpc) is 2.96. The standard InChI is InChI=1S/C22H23N3O2/c26-19(23-18-12-6-2-7-13-18)16-25-21(27)20(17-10-4-1-5-11-17)24-22(25)14-8-3-9-15-22/h1-2,4-7,10-13H,3,8-9,14-16H2,(H,23,26). The van der Waals surface area contributed by atoms with Crippen LogP contribution in [0.5, 0.6) is 0 Å². The average molecular weight is 361 g/mol. The van der Waals surface area contributed by atoms with Gasteiger partial charge in [0.2, 0.25) is 5.91 Å². The predicted molar refractivity (Wildman–Crippen MR) is 106 cm³/mol. The Kier molecular flexibility index (Phi) is 4.75. The summed E-state index contributed by atoms with van der Waals surface area (Å²) in [5, 5.41) is 2.88. The number of hydrogen-bond donors (Lipinski definition) is 1. The van der Waals surface area contributed by atoms with Gasteiger partial charge in [-0.3, -0.25) is 14.6 Å². The Balaban J connectivity index is 1.59. The van der Waals surface area contributed by atoms with Gasteiger partial charge in [-0.15, -0.1) is 0 Å². The Hall–Kier alpha value is -2.95. The molecule has 4 rings (SSSR count). The zero-order chi connectivity index (χ0) is 18.7. The van der Waals surface area contributed by atoms with E-state index < -0.39 is 5.66 Å². The normalized spacial score (nSPS) is 18.4. The van der Waals surface area contributed by atoms with Crippen LogP contribution in [0, 0.1) is 0 Å². The number of para-hydroxylation sites is 1. The fourth-order valence-electron chi connectivity index (χ4n) is 4.00. The van der Waals surface area contributed by atoms with E-state index in [1.54, 1.807) is 4.90 Å². The van der Waals surface area contributed by atoms with Crippen molar-refractivity contribution in [2.75, 3.05) is 11.9 Å². The molecular weight excluding hydrogens is 338 g/mol. The lowest BCUT2D eigenvalue weighted by Gasteiger charge is -2.38. The summed E-state index contributed by atoms with van der Waals surface area (Å²) in [6.45, 7) is 0.0214. The van der Waals surface area contributed by atoms with Crippen LogP contribution in [-0.2, 0) is 9.59 Å². The number of nitrogens with one attached hydrogen (secondary N) is 1. The Morgan fingerprint density at radius 1 is 0.963 bits per heavy atom. The van der Waals surface area contributed by atoms with Gasteiger partial charge in [-0.25, -0.2) is 0 Å². The van der Waals surface area contributed by atoms with Gasteiger partial charge >= 0.3 is 0 Å². The molecular formula is C22H23N3O2. The molecule has 2 aromatic carbocycles. The highest BCUT2D eigenvalue weighted by atomic mass is 16.2. The van der Waals surface area contributed by atoms with Gasteiger partial charge in [0.05, 0.1) is 0 Å². The van der Waals surface area contributed by atoms with Crippen molar-refractivity contribution in [2.24, 2.45) is 4.99 Å². The lowest BCUT2D eigenvalue weighted by Crippen LogP contribution is -2.51. The molecule has 138 valence electrons. The lowest BCUT2D eigenvalue weighted by atomic mass is 9.88. The SMILES string of the molecule is O=C(CN1C(=O)C(c2ccccc2)=NC12CCCCC2)Nc1ccccc1. The first-order chi connectivity index (χ1) is 13.2. The van der Waals surface area contributed by atoms with Crippen molar-refractivity contribution in [3.8, 4) is 0 Å². The molecule has 0 unspecified atom stereocenters. The van der Waals surface area contributed by atoms with E-state index in [4.69, 9.17) is 4.99 Å². The molecule has 1 spiro atoms. The number of rotatable bonds is 4. The Morgan fingerprint density at radius 2 is 1.59 bits per heavy atom. The maximum atomic E-state index is 13.2. The van der Waals surface area contributed by atoms with Gasteiger partial charge in [0.15, 0.2) is 0 Å². The first-order valence-electron chi connectivity index (χ1n) is 9.50. The third-order valence-electron chi connectivity index (χ3n) is 5.33. The number of carbonyl (C=O) groups excluding carboxylic acids is 2. The fourth-order valence-corrected chi connectivity index (χ4v) is 4.00. The molecule has 27 heavy (non-hydrogen) atoms. The van der Waals surface area contributed by atoms with Crippen molar-refractivity contribution < 1.29 is 9.59 Å². The molecule has 1 aliphatic heterocycles. The minimum absolute atomic E-state index is 0.0214. The number of anilines is 1. The zero-order valence-corrected chi connectivity index (χ0v) is 15.2. The second-order valence-electron chi connectivity index (χ2n) is 7.18. The molecule has 1 fully saturated rings. The van der Waals surface area contributed by atoms with Crippen LogP contribution in [0.25, 0.3) is 0 Å². The molecule has 1 N–H and O–H groups in total. The van der Waals surface area contributed by atoms with Crippen molar-refractivity contribution in [1.82, 2.24) is 4.90 Å². The van der Waals surface area contributed by atoms with E-state index in [0.717, 1.165) is 43.4 Å². The fraction of sp³-hybridized carbons (Fsp3) is 0.318. The quantitative estimate of drug-likeness (QED) is 0.904. The number of benzene rings is 2. The van der Waals surface area contributed by atoms with Crippen molar-refractivity contribution in [3.63, 3.8) is 0 Å². The molecule has 2 amide bonds. The first-order valence-corrected chi connectivity index (χ1v) is 9.50. The zero-order valence-electron chi connectivity index (χ0n) is 15.2. The number of carbonyl (C=O) groups is 2. The third-order valence-corrected chi connectivity index (χ3v) is 5.33. The predicted octanol–water partition coefficient (Wildman–Crippen LogP) is 3.62. The monoisotopic (exact) mass is 361 g/mol. The molecule has 1 saturated carbocycles. The minimum Gasteiger partial charge on any atom is -0.325 e. The highest BCUT2D eigenvalue weighted by Gasteiger charge is 2.48. The Morgan fingerprint density at radius 3 is 2.26 bits per heavy atom. The summed E-state index contributed by atoms with van der Waals surface area (Å²) in [5.74, 6) is -0.338. The molecule has 0 atom stereocenters. The van der Waals surface area contributed by atoms with Gasteiger partial charge < -0.3 is 10.2 Å². The van der Waals surface area contributed by atoms with E-state index in [9.17, 15) is 9.59 Å². The van der Waals surface area contributed by atoms with E-state index >= 15 is 0 Å². The van der Waals surface area contributed by atoms with Gasteiger partial charge in [0, 0.05) is 11.3 Å². The van der Waals surface area contributed by atoms with Crippen molar-refractivity contribution >= 4 is 23.2 Å². The van der Waals surface area contributed by atoms with Gasteiger partial charge in [-0.05, 0) is 37.8 Å².